The standard InChI is InChI=1S/C19H22FN7O3S/c1-3-4-9-27-15(21)14(16(28)23-19(27)30)26(2)10-13-24-25-18(31-13)17(29)22-12-7-5-11(20)6-8-12/h5-8H,3-4,9-10,21H2,1-2H3,(H,22,29)(H,23,28,30). The van der Waals surface area contributed by atoms with Crippen molar-refractivity contribution in [3.05, 3.63) is 60.9 Å². The highest BCUT2D eigenvalue weighted by atomic mass is 32.1. The smallest absolute Gasteiger partial charge is 0.330 e. The highest BCUT2D eigenvalue weighted by molar-refractivity contribution is 7.13. The second-order valence-corrected chi connectivity index (χ2v) is 7.88. The molecule has 10 nitrogen and oxygen atoms in total. The number of nitrogens with zero attached hydrogens (tertiary/aromatic N) is 4. The maximum absolute atomic E-state index is 13.0. The van der Waals surface area contributed by atoms with Gasteiger partial charge in [0.25, 0.3) is 11.5 Å². The summed E-state index contributed by atoms with van der Waals surface area (Å²) in [6.07, 6.45) is 1.60. The van der Waals surface area contributed by atoms with Crippen LogP contribution >= 0.6 is 11.3 Å². The van der Waals surface area contributed by atoms with E-state index in [1.807, 2.05) is 6.92 Å². The van der Waals surface area contributed by atoms with Gasteiger partial charge in [-0.25, -0.2) is 9.18 Å². The number of rotatable bonds is 8. The van der Waals surface area contributed by atoms with Crippen molar-refractivity contribution in [3.63, 3.8) is 0 Å². The molecule has 2 heterocycles. The van der Waals surface area contributed by atoms with E-state index in [2.05, 4.69) is 20.5 Å². The molecule has 0 aliphatic heterocycles. The van der Waals surface area contributed by atoms with Crippen LogP contribution in [0.5, 0.6) is 0 Å². The molecule has 0 saturated carbocycles. The number of carbonyl (C=O) groups excluding carboxylic acids is 1. The average molecular weight is 447 g/mol. The van der Waals surface area contributed by atoms with Crippen molar-refractivity contribution in [2.75, 3.05) is 23.0 Å². The van der Waals surface area contributed by atoms with Crippen LogP contribution in [0, 0.1) is 5.82 Å². The molecule has 0 aliphatic carbocycles. The normalized spacial score (nSPS) is 10.8. The van der Waals surface area contributed by atoms with Gasteiger partial charge in [0.1, 0.15) is 22.3 Å². The van der Waals surface area contributed by atoms with Gasteiger partial charge < -0.3 is 16.0 Å². The molecule has 0 radical (unpaired) electrons. The zero-order chi connectivity index (χ0) is 22.5. The number of H-pyrrole nitrogens is 1. The SMILES string of the molecule is CCCCn1c(N)c(N(C)Cc2nnc(C(=O)Nc3ccc(F)cc3)s2)c(=O)[nH]c1=O. The number of halogens is 1. The van der Waals surface area contributed by atoms with Crippen molar-refractivity contribution in [2.24, 2.45) is 0 Å². The van der Waals surface area contributed by atoms with Crippen LogP contribution in [0.2, 0.25) is 0 Å². The van der Waals surface area contributed by atoms with E-state index < -0.39 is 23.0 Å². The van der Waals surface area contributed by atoms with Crippen LogP contribution in [0.25, 0.3) is 0 Å². The van der Waals surface area contributed by atoms with Crippen LogP contribution in [0.1, 0.15) is 34.6 Å². The molecule has 0 fully saturated rings. The topological polar surface area (TPSA) is 139 Å². The number of nitrogen functional groups attached to an aromatic ring is 1. The molecule has 4 N–H and O–H groups in total. The summed E-state index contributed by atoms with van der Waals surface area (Å²) in [5, 5.41) is 11.1. The maximum Gasteiger partial charge on any atom is 0.330 e. The van der Waals surface area contributed by atoms with Gasteiger partial charge in [0.15, 0.2) is 0 Å². The Bertz CT molecular complexity index is 1190. The van der Waals surface area contributed by atoms with Crippen LogP contribution in [0.15, 0.2) is 33.9 Å². The lowest BCUT2D eigenvalue weighted by atomic mass is 10.3. The van der Waals surface area contributed by atoms with E-state index in [4.69, 9.17) is 5.73 Å². The summed E-state index contributed by atoms with van der Waals surface area (Å²) in [6.45, 7) is 2.53. The van der Waals surface area contributed by atoms with Gasteiger partial charge >= 0.3 is 5.69 Å². The van der Waals surface area contributed by atoms with E-state index in [0.29, 0.717) is 17.2 Å². The molecule has 3 rings (SSSR count). The molecule has 0 unspecified atom stereocenters. The predicted molar refractivity (Wildman–Crippen MR) is 117 cm³/mol. The number of aromatic amines is 1. The molecule has 0 bridgehead atoms. The van der Waals surface area contributed by atoms with Gasteiger partial charge in [0.2, 0.25) is 5.01 Å². The van der Waals surface area contributed by atoms with Crippen LogP contribution < -0.4 is 27.2 Å². The Balaban J connectivity index is 1.76. The number of anilines is 3. The first-order valence-electron chi connectivity index (χ1n) is 9.53. The van der Waals surface area contributed by atoms with Gasteiger partial charge in [-0.15, -0.1) is 10.2 Å². The monoisotopic (exact) mass is 447 g/mol. The Hall–Kier alpha value is -3.54. The summed E-state index contributed by atoms with van der Waals surface area (Å²) in [4.78, 5) is 40.6. The van der Waals surface area contributed by atoms with E-state index >= 15 is 0 Å². The first-order valence-corrected chi connectivity index (χ1v) is 10.3. The average Bonchev–Trinajstić information content (AvgIpc) is 3.18. The first kappa shape index (κ1) is 22.2. The Kier molecular flexibility index (Phi) is 6.80. The molecular formula is C19H22FN7O3S. The Morgan fingerprint density at radius 3 is 2.68 bits per heavy atom. The predicted octanol–water partition coefficient (Wildman–Crippen LogP) is 1.80. The van der Waals surface area contributed by atoms with E-state index in [0.717, 1.165) is 24.2 Å². The van der Waals surface area contributed by atoms with Gasteiger partial charge in [0.05, 0.1) is 6.54 Å². The van der Waals surface area contributed by atoms with Gasteiger partial charge in [-0.2, -0.15) is 0 Å². The van der Waals surface area contributed by atoms with Crippen molar-refractivity contribution in [1.82, 2.24) is 19.7 Å². The second-order valence-electron chi connectivity index (χ2n) is 6.82. The molecule has 164 valence electrons. The van der Waals surface area contributed by atoms with Crippen LogP contribution in [0.3, 0.4) is 0 Å². The van der Waals surface area contributed by atoms with Gasteiger partial charge in [0, 0.05) is 19.3 Å². The number of unbranched alkanes of at least 4 members (excludes halogenated alkanes) is 1. The fourth-order valence-electron chi connectivity index (χ4n) is 2.89. The highest BCUT2D eigenvalue weighted by Crippen LogP contribution is 2.20. The van der Waals surface area contributed by atoms with Gasteiger partial charge in [-0.05, 0) is 30.7 Å². The minimum atomic E-state index is -0.600. The zero-order valence-corrected chi connectivity index (χ0v) is 17.8. The fourth-order valence-corrected chi connectivity index (χ4v) is 3.68. The number of hydrogen-bond donors (Lipinski definition) is 3. The molecule has 1 aromatic carbocycles. The lowest BCUT2D eigenvalue weighted by Crippen LogP contribution is -2.37. The summed E-state index contributed by atoms with van der Waals surface area (Å²) >= 11 is 1.05. The van der Waals surface area contributed by atoms with Crippen molar-refractivity contribution in [1.29, 1.82) is 0 Å². The van der Waals surface area contributed by atoms with E-state index in [9.17, 15) is 18.8 Å². The van der Waals surface area contributed by atoms with Gasteiger partial charge in [-0.1, -0.05) is 24.7 Å². The van der Waals surface area contributed by atoms with E-state index in [1.165, 1.54) is 28.8 Å². The van der Waals surface area contributed by atoms with Gasteiger partial charge in [-0.3, -0.25) is 19.1 Å². The summed E-state index contributed by atoms with van der Waals surface area (Å²) in [5.74, 6) is -0.818. The number of nitrogens with one attached hydrogen (secondary N) is 2. The molecular weight excluding hydrogens is 425 g/mol. The number of aromatic nitrogens is 4. The summed E-state index contributed by atoms with van der Waals surface area (Å²) in [7, 11) is 1.63. The van der Waals surface area contributed by atoms with Crippen LogP contribution in [-0.4, -0.2) is 32.7 Å². The fraction of sp³-hybridized carbons (Fsp3) is 0.316. The van der Waals surface area contributed by atoms with Crippen molar-refractivity contribution in [3.8, 4) is 0 Å². The van der Waals surface area contributed by atoms with Crippen LogP contribution in [-0.2, 0) is 13.1 Å². The third-order valence-corrected chi connectivity index (χ3v) is 5.37. The lowest BCUT2D eigenvalue weighted by Gasteiger charge is -2.20. The van der Waals surface area contributed by atoms with Crippen molar-refractivity contribution < 1.29 is 9.18 Å². The third kappa shape index (κ3) is 5.15. The van der Waals surface area contributed by atoms with Crippen molar-refractivity contribution >= 4 is 34.4 Å². The largest absolute Gasteiger partial charge is 0.383 e. The number of benzene rings is 1. The Morgan fingerprint density at radius 1 is 1.29 bits per heavy atom. The summed E-state index contributed by atoms with van der Waals surface area (Å²) in [5.41, 5.74) is 5.52. The third-order valence-electron chi connectivity index (χ3n) is 4.47. The van der Waals surface area contributed by atoms with E-state index in [1.54, 1.807) is 11.9 Å². The molecule has 31 heavy (non-hydrogen) atoms. The number of carbonyl (C=O) groups is 1. The highest BCUT2D eigenvalue weighted by Gasteiger charge is 2.19. The number of hydrogen-bond acceptors (Lipinski definition) is 8. The first-order chi connectivity index (χ1) is 14.8. The summed E-state index contributed by atoms with van der Waals surface area (Å²) in [6, 6.07) is 5.34. The van der Waals surface area contributed by atoms with Crippen LogP contribution in [0.4, 0.5) is 21.6 Å². The van der Waals surface area contributed by atoms with E-state index in [-0.39, 0.29) is 23.1 Å². The summed E-state index contributed by atoms with van der Waals surface area (Å²) < 4.78 is 14.3. The Morgan fingerprint density at radius 2 is 2.00 bits per heavy atom. The lowest BCUT2D eigenvalue weighted by molar-refractivity contribution is 0.102. The van der Waals surface area contributed by atoms with Crippen molar-refractivity contribution in [2.45, 2.75) is 32.9 Å². The zero-order valence-electron chi connectivity index (χ0n) is 17.0. The molecule has 1 amide bonds. The molecule has 0 spiro atoms. The number of amides is 1. The maximum atomic E-state index is 13.0. The molecule has 2 aromatic heterocycles. The molecule has 0 aliphatic rings. The molecule has 3 aromatic rings. The molecule has 12 heteroatoms. The minimum Gasteiger partial charge on any atom is -0.383 e. The number of nitrogens with two attached hydrogens (primary N) is 1. The Labute approximate surface area is 180 Å². The minimum absolute atomic E-state index is 0.0727. The second kappa shape index (κ2) is 9.51. The molecule has 0 atom stereocenters. The molecule has 0 saturated heterocycles. The quantitative estimate of drug-likeness (QED) is 0.478.